The van der Waals surface area contributed by atoms with Crippen molar-refractivity contribution in [3.05, 3.63) is 50.9 Å². The Morgan fingerprint density at radius 2 is 2.07 bits per heavy atom. The Morgan fingerprint density at radius 3 is 2.67 bits per heavy atom. The van der Waals surface area contributed by atoms with E-state index in [4.69, 9.17) is 17.1 Å². The summed E-state index contributed by atoms with van der Waals surface area (Å²) in [7, 11) is 0. The number of hydrogen-bond donors (Lipinski definition) is 0. The van der Waals surface area contributed by atoms with Gasteiger partial charge >= 0.3 is 0 Å². The highest BCUT2D eigenvalue weighted by atomic mass is 32.1. The smallest absolute Gasteiger partial charge is 0.196 e. The zero-order valence-electron chi connectivity index (χ0n) is 8.34. The molecule has 1 aromatic carbocycles. The fourth-order valence-electron chi connectivity index (χ4n) is 1.24. The normalized spacial score (nSPS) is 10.2. The SMILES string of the molecule is Cc1csc(=S)n1OCc1ccccc1. The summed E-state index contributed by atoms with van der Waals surface area (Å²) in [5, 5.41) is 1.99. The van der Waals surface area contributed by atoms with E-state index in [0.29, 0.717) is 6.61 Å². The molecule has 0 fully saturated rings. The molecule has 0 amide bonds. The van der Waals surface area contributed by atoms with Gasteiger partial charge in [-0.25, -0.2) is 0 Å². The van der Waals surface area contributed by atoms with Crippen LogP contribution in [0.3, 0.4) is 0 Å². The minimum absolute atomic E-state index is 0.548. The van der Waals surface area contributed by atoms with Gasteiger partial charge in [0.25, 0.3) is 0 Å². The van der Waals surface area contributed by atoms with Crippen molar-refractivity contribution in [3.63, 3.8) is 0 Å². The molecule has 0 unspecified atom stereocenters. The average Bonchev–Trinajstić information content (AvgIpc) is 2.58. The second-order valence-electron chi connectivity index (χ2n) is 3.20. The average molecular weight is 237 g/mol. The van der Waals surface area contributed by atoms with E-state index >= 15 is 0 Å². The van der Waals surface area contributed by atoms with Crippen molar-refractivity contribution in [2.75, 3.05) is 0 Å². The monoisotopic (exact) mass is 237 g/mol. The summed E-state index contributed by atoms with van der Waals surface area (Å²) < 4.78 is 2.45. The number of aromatic nitrogens is 1. The van der Waals surface area contributed by atoms with Crippen molar-refractivity contribution >= 4 is 23.6 Å². The lowest BCUT2D eigenvalue weighted by Gasteiger charge is -2.07. The van der Waals surface area contributed by atoms with Crippen molar-refractivity contribution in [2.45, 2.75) is 13.5 Å². The van der Waals surface area contributed by atoms with Crippen LogP contribution in [0.25, 0.3) is 0 Å². The third-order valence-corrected chi connectivity index (χ3v) is 3.30. The fraction of sp³-hybridized carbons (Fsp3) is 0.182. The van der Waals surface area contributed by atoms with Crippen LogP contribution in [-0.2, 0) is 6.61 Å². The van der Waals surface area contributed by atoms with Gasteiger partial charge in [-0.3, -0.25) is 0 Å². The zero-order valence-corrected chi connectivity index (χ0v) is 9.98. The first-order valence-corrected chi connectivity index (χ1v) is 5.90. The Bertz CT molecular complexity index is 487. The van der Waals surface area contributed by atoms with Gasteiger partial charge < -0.3 is 4.84 Å². The Balaban J connectivity index is 2.09. The predicted molar refractivity (Wildman–Crippen MR) is 64.6 cm³/mol. The van der Waals surface area contributed by atoms with Crippen LogP contribution in [0.4, 0.5) is 0 Å². The Hall–Kier alpha value is -1.13. The maximum atomic E-state index is 5.62. The summed E-state index contributed by atoms with van der Waals surface area (Å²) in [5.74, 6) is 0. The molecule has 15 heavy (non-hydrogen) atoms. The molecule has 4 heteroatoms. The molecule has 2 rings (SSSR count). The van der Waals surface area contributed by atoms with E-state index in [-0.39, 0.29) is 0 Å². The summed E-state index contributed by atoms with van der Waals surface area (Å²) in [6.45, 7) is 2.53. The second-order valence-corrected chi connectivity index (χ2v) is 4.70. The molecule has 1 heterocycles. The van der Waals surface area contributed by atoms with E-state index in [1.165, 1.54) is 11.3 Å². The first-order chi connectivity index (χ1) is 7.27. The summed E-state index contributed by atoms with van der Waals surface area (Å²) >= 11 is 6.66. The van der Waals surface area contributed by atoms with E-state index in [9.17, 15) is 0 Å². The molecule has 0 aliphatic rings. The summed E-state index contributed by atoms with van der Waals surface area (Å²) in [4.78, 5) is 5.62. The molecule has 0 atom stereocenters. The summed E-state index contributed by atoms with van der Waals surface area (Å²) in [5.41, 5.74) is 2.19. The van der Waals surface area contributed by atoms with Gasteiger partial charge in [0.1, 0.15) is 6.61 Å². The van der Waals surface area contributed by atoms with Crippen LogP contribution in [0.1, 0.15) is 11.3 Å². The van der Waals surface area contributed by atoms with Gasteiger partial charge in [-0.05, 0) is 24.7 Å². The lowest BCUT2D eigenvalue weighted by Crippen LogP contribution is -2.12. The fourth-order valence-corrected chi connectivity index (χ4v) is 2.24. The van der Waals surface area contributed by atoms with Crippen LogP contribution in [0.15, 0.2) is 35.7 Å². The molecule has 0 bridgehead atoms. The molecule has 0 spiro atoms. The van der Waals surface area contributed by atoms with Gasteiger partial charge in [-0.1, -0.05) is 30.3 Å². The Labute approximate surface area is 97.7 Å². The van der Waals surface area contributed by atoms with Gasteiger partial charge in [0.15, 0.2) is 3.95 Å². The standard InChI is InChI=1S/C11H11NOS2/c1-9-8-15-11(14)12(9)13-7-10-5-3-2-4-6-10/h2-6,8H,7H2,1H3. The van der Waals surface area contributed by atoms with Gasteiger partial charge in [0, 0.05) is 5.38 Å². The maximum Gasteiger partial charge on any atom is 0.196 e. The lowest BCUT2D eigenvalue weighted by atomic mass is 10.2. The number of hydrogen-bond acceptors (Lipinski definition) is 3. The van der Waals surface area contributed by atoms with E-state index < -0.39 is 0 Å². The summed E-state index contributed by atoms with van der Waals surface area (Å²) in [6.07, 6.45) is 0. The molecule has 0 aliphatic carbocycles. The van der Waals surface area contributed by atoms with Crippen molar-refractivity contribution in [2.24, 2.45) is 0 Å². The molecule has 0 N–H and O–H groups in total. The third kappa shape index (κ3) is 2.46. The van der Waals surface area contributed by atoms with Gasteiger partial charge in [0.05, 0.1) is 5.69 Å². The molecule has 0 saturated carbocycles. The van der Waals surface area contributed by atoms with E-state index in [2.05, 4.69) is 0 Å². The highest BCUT2D eigenvalue weighted by molar-refractivity contribution is 7.73. The zero-order chi connectivity index (χ0) is 10.7. The summed E-state index contributed by atoms with van der Waals surface area (Å²) in [6, 6.07) is 10.1. The minimum atomic E-state index is 0.548. The van der Waals surface area contributed by atoms with Crippen molar-refractivity contribution in [1.82, 2.24) is 4.73 Å². The molecular weight excluding hydrogens is 226 g/mol. The van der Waals surface area contributed by atoms with Crippen LogP contribution in [0, 0.1) is 10.9 Å². The highest BCUT2D eigenvalue weighted by Crippen LogP contribution is 2.09. The first kappa shape index (κ1) is 10.4. The predicted octanol–water partition coefficient (Wildman–Crippen LogP) is 3.22. The molecule has 78 valence electrons. The molecule has 1 aromatic heterocycles. The topological polar surface area (TPSA) is 14.2 Å². The van der Waals surface area contributed by atoms with Crippen LogP contribution in [0.2, 0.25) is 0 Å². The molecular formula is C11H11NOS2. The van der Waals surface area contributed by atoms with Crippen LogP contribution in [-0.4, -0.2) is 4.73 Å². The number of aryl methyl sites for hydroxylation is 1. The quantitative estimate of drug-likeness (QED) is 0.761. The van der Waals surface area contributed by atoms with Crippen molar-refractivity contribution in [3.8, 4) is 0 Å². The van der Waals surface area contributed by atoms with E-state index in [1.54, 1.807) is 4.73 Å². The number of rotatable bonds is 3. The minimum Gasteiger partial charge on any atom is -0.407 e. The molecule has 2 nitrogen and oxygen atoms in total. The maximum absolute atomic E-state index is 5.62. The van der Waals surface area contributed by atoms with Gasteiger partial charge in [-0.2, -0.15) is 4.73 Å². The Kier molecular flexibility index (Phi) is 3.18. The van der Waals surface area contributed by atoms with Gasteiger partial charge in [-0.15, -0.1) is 11.3 Å². The number of benzene rings is 1. The van der Waals surface area contributed by atoms with Crippen LogP contribution >= 0.6 is 23.6 Å². The van der Waals surface area contributed by atoms with Gasteiger partial charge in [0.2, 0.25) is 0 Å². The van der Waals surface area contributed by atoms with Crippen molar-refractivity contribution in [1.29, 1.82) is 0 Å². The molecule has 0 saturated heterocycles. The number of nitrogens with zero attached hydrogens (tertiary/aromatic N) is 1. The van der Waals surface area contributed by atoms with Crippen LogP contribution < -0.4 is 4.84 Å². The second kappa shape index (κ2) is 4.59. The third-order valence-electron chi connectivity index (χ3n) is 2.02. The molecule has 0 radical (unpaired) electrons. The molecule has 2 aromatic rings. The number of thiazole rings is 1. The van der Waals surface area contributed by atoms with E-state index in [0.717, 1.165) is 15.2 Å². The Morgan fingerprint density at radius 1 is 1.33 bits per heavy atom. The lowest BCUT2D eigenvalue weighted by molar-refractivity contribution is 0.0920. The largest absolute Gasteiger partial charge is 0.407 e. The van der Waals surface area contributed by atoms with Crippen molar-refractivity contribution < 1.29 is 4.84 Å². The van der Waals surface area contributed by atoms with Crippen LogP contribution in [0.5, 0.6) is 0 Å². The first-order valence-electron chi connectivity index (χ1n) is 4.62. The molecule has 0 aliphatic heterocycles. The van der Waals surface area contributed by atoms with E-state index in [1.807, 2.05) is 42.6 Å². The highest BCUT2D eigenvalue weighted by Gasteiger charge is 2.00.